The maximum Gasteiger partial charge on any atom is 0.140 e. The van der Waals surface area contributed by atoms with E-state index in [4.69, 9.17) is 5.26 Å². The van der Waals surface area contributed by atoms with Crippen LogP contribution in [0.4, 0.5) is 5.69 Å². The van der Waals surface area contributed by atoms with Crippen molar-refractivity contribution >= 4 is 5.69 Å². The van der Waals surface area contributed by atoms with E-state index < -0.39 is 0 Å². The Morgan fingerprint density at radius 1 is 1.53 bits per heavy atom. The lowest BCUT2D eigenvalue weighted by Crippen LogP contribution is -2.29. The number of hydrogen-bond donors (Lipinski definition) is 1. The first-order chi connectivity index (χ1) is 7.11. The molecule has 80 valence electrons. The van der Waals surface area contributed by atoms with Crippen molar-refractivity contribution in [2.75, 3.05) is 26.0 Å². The van der Waals surface area contributed by atoms with Gasteiger partial charge < -0.3 is 10.2 Å². The number of nitrogens with one attached hydrogen (secondary N) is 1. The fraction of sp³-hybridized carbons (Fsp3) is 0.455. The van der Waals surface area contributed by atoms with E-state index in [2.05, 4.69) is 22.1 Å². The van der Waals surface area contributed by atoms with Crippen LogP contribution >= 0.6 is 0 Å². The van der Waals surface area contributed by atoms with Crippen molar-refractivity contribution in [3.8, 4) is 6.07 Å². The average Bonchev–Trinajstić information content (AvgIpc) is 2.17. The normalized spacial score (nSPS) is 12.2. The molecule has 0 radical (unpaired) electrons. The fourth-order valence-electron chi connectivity index (χ4n) is 1.42. The Hall–Kier alpha value is -1.60. The summed E-state index contributed by atoms with van der Waals surface area (Å²) >= 11 is 0. The Labute approximate surface area is 90.5 Å². The molecule has 1 rings (SSSR count). The quantitative estimate of drug-likeness (QED) is 0.803. The first kappa shape index (κ1) is 11.5. The molecule has 0 amide bonds. The molecule has 0 bridgehead atoms. The Bertz CT molecular complexity index is 337. The predicted molar refractivity (Wildman–Crippen MR) is 60.6 cm³/mol. The summed E-state index contributed by atoms with van der Waals surface area (Å²) in [6, 6.07) is 5.93. The summed E-state index contributed by atoms with van der Waals surface area (Å²) in [5.74, 6) is 0. The summed E-state index contributed by atoms with van der Waals surface area (Å²) in [4.78, 5) is 6.11. The molecular formula is C11H16N4. The van der Waals surface area contributed by atoms with Crippen LogP contribution in [-0.4, -0.2) is 36.6 Å². The lowest BCUT2D eigenvalue weighted by molar-refractivity contribution is 0.392. The van der Waals surface area contributed by atoms with Crippen molar-refractivity contribution in [3.05, 3.63) is 24.0 Å². The molecule has 0 fully saturated rings. The smallest absolute Gasteiger partial charge is 0.140 e. The topological polar surface area (TPSA) is 52.0 Å². The molecule has 0 aliphatic carbocycles. The molecule has 1 aromatic rings. The van der Waals surface area contributed by atoms with E-state index in [1.807, 2.05) is 26.2 Å². The molecule has 0 aromatic carbocycles. The Balaban J connectivity index is 2.54. The molecule has 1 unspecified atom stereocenters. The maximum absolute atomic E-state index is 8.59. The van der Waals surface area contributed by atoms with E-state index in [1.165, 1.54) is 0 Å². The molecule has 1 aromatic heterocycles. The van der Waals surface area contributed by atoms with Gasteiger partial charge in [0.15, 0.2) is 0 Å². The SMILES string of the molecule is CC(CN(C)C)Nc1ccc(C#N)nc1. The molecule has 0 aliphatic heterocycles. The van der Waals surface area contributed by atoms with Gasteiger partial charge in [-0.2, -0.15) is 5.26 Å². The number of rotatable bonds is 4. The van der Waals surface area contributed by atoms with E-state index in [0.717, 1.165) is 12.2 Å². The lowest BCUT2D eigenvalue weighted by atomic mass is 10.3. The second kappa shape index (κ2) is 5.32. The van der Waals surface area contributed by atoms with Crippen LogP contribution in [0.25, 0.3) is 0 Å². The molecule has 1 heterocycles. The third kappa shape index (κ3) is 3.96. The molecule has 4 nitrogen and oxygen atoms in total. The Morgan fingerprint density at radius 2 is 2.27 bits per heavy atom. The van der Waals surface area contributed by atoms with Crippen molar-refractivity contribution < 1.29 is 0 Å². The van der Waals surface area contributed by atoms with E-state index in [1.54, 1.807) is 12.3 Å². The van der Waals surface area contributed by atoms with Gasteiger partial charge in [-0.05, 0) is 33.2 Å². The van der Waals surface area contributed by atoms with E-state index in [0.29, 0.717) is 11.7 Å². The van der Waals surface area contributed by atoms with E-state index in [9.17, 15) is 0 Å². The van der Waals surface area contributed by atoms with Gasteiger partial charge in [0.05, 0.1) is 11.9 Å². The highest BCUT2D eigenvalue weighted by molar-refractivity contribution is 5.43. The molecule has 0 saturated heterocycles. The zero-order chi connectivity index (χ0) is 11.3. The maximum atomic E-state index is 8.59. The highest BCUT2D eigenvalue weighted by Gasteiger charge is 2.03. The van der Waals surface area contributed by atoms with Gasteiger partial charge in [0.2, 0.25) is 0 Å². The highest BCUT2D eigenvalue weighted by atomic mass is 15.1. The number of nitrogens with zero attached hydrogens (tertiary/aromatic N) is 3. The van der Waals surface area contributed by atoms with E-state index in [-0.39, 0.29) is 0 Å². The van der Waals surface area contributed by atoms with Gasteiger partial charge in [0.1, 0.15) is 11.8 Å². The third-order valence-electron chi connectivity index (χ3n) is 1.93. The minimum atomic E-state index is 0.356. The predicted octanol–water partition coefficient (Wildman–Crippen LogP) is 1.32. The van der Waals surface area contributed by atoms with Crippen molar-refractivity contribution in [1.29, 1.82) is 5.26 Å². The second-order valence-corrected chi connectivity index (χ2v) is 3.85. The average molecular weight is 204 g/mol. The summed E-state index contributed by atoms with van der Waals surface area (Å²) in [6.07, 6.45) is 1.69. The van der Waals surface area contributed by atoms with Gasteiger partial charge in [-0.3, -0.25) is 0 Å². The first-order valence-electron chi connectivity index (χ1n) is 4.89. The van der Waals surface area contributed by atoms with Gasteiger partial charge in [-0.1, -0.05) is 0 Å². The molecular weight excluding hydrogens is 188 g/mol. The standard InChI is InChI=1S/C11H16N4/c1-9(8-15(2)3)14-11-5-4-10(6-12)13-7-11/h4-5,7,9,14H,8H2,1-3H3. The molecule has 0 aliphatic rings. The van der Waals surface area contributed by atoms with Crippen LogP contribution in [0.2, 0.25) is 0 Å². The van der Waals surface area contributed by atoms with Crippen molar-refractivity contribution in [2.24, 2.45) is 0 Å². The van der Waals surface area contributed by atoms with Crippen molar-refractivity contribution in [3.63, 3.8) is 0 Å². The number of aromatic nitrogens is 1. The van der Waals surface area contributed by atoms with Gasteiger partial charge >= 0.3 is 0 Å². The van der Waals surface area contributed by atoms with Crippen LogP contribution in [0, 0.1) is 11.3 Å². The van der Waals surface area contributed by atoms with E-state index >= 15 is 0 Å². The van der Waals surface area contributed by atoms with Crippen LogP contribution < -0.4 is 5.32 Å². The highest BCUT2D eigenvalue weighted by Crippen LogP contribution is 2.07. The number of likely N-dealkylation sites (N-methyl/N-ethyl adjacent to an activating group) is 1. The zero-order valence-corrected chi connectivity index (χ0v) is 9.36. The fourth-order valence-corrected chi connectivity index (χ4v) is 1.42. The van der Waals surface area contributed by atoms with Gasteiger partial charge in [0.25, 0.3) is 0 Å². The molecule has 0 spiro atoms. The Morgan fingerprint density at radius 3 is 2.73 bits per heavy atom. The molecule has 15 heavy (non-hydrogen) atoms. The van der Waals surface area contributed by atoms with Crippen LogP contribution in [0.5, 0.6) is 0 Å². The third-order valence-corrected chi connectivity index (χ3v) is 1.93. The molecule has 1 atom stereocenters. The van der Waals surface area contributed by atoms with Crippen LogP contribution in [0.15, 0.2) is 18.3 Å². The molecule has 0 saturated carbocycles. The molecule has 1 N–H and O–H groups in total. The van der Waals surface area contributed by atoms with Gasteiger partial charge in [-0.15, -0.1) is 0 Å². The number of nitriles is 1. The van der Waals surface area contributed by atoms with Crippen LogP contribution in [-0.2, 0) is 0 Å². The van der Waals surface area contributed by atoms with Crippen LogP contribution in [0.3, 0.4) is 0 Å². The summed E-state index contributed by atoms with van der Waals surface area (Å²) in [7, 11) is 4.07. The monoisotopic (exact) mass is 204 g/mol. The number of anilines is 1. The molecule has 4 heteroatoms. The summed E-state index contributed by atoms with van der Waals surface area (Å²) in [5, 5.41) is 11.9. The first-order valence-corrected chi connectivity index (χ1v) is 4.89. The van der Waals surface area contributed by atoms with Crippen LogP contribution in [0.1, 0.15) is 12.6 Å². The summed E-state index contributed by atoms with van der Waals surface area (Å²) in [5.41, 5.74) is 1.39. The second-order valence-electron chi connectivity index (χ2n) is 3.85. The largest absolute Gasteiger partial charge is 0.380 e. The van der Waals surface area contributed by atoms with Gasteiger partial charge in [-0.25, -0.2) is 4.98 Å². The van der Waals surface area contributed by atoms with Crippen molar-refractivity contribution in [2.45, 2.75) is 13.0 Å². The minimum Gasteiger partial charge on any atom is -0.380 e. The Kier molecular flexibility index (Phi) is 4.07. The lowest BCUT2D eigenvalue weighted by Gasteiger charge is -2.19. The number of pyridine rings is 1. The zero-order valence-electron chi connectivity index (χ0n) is 9.36. The minimum absolute atomic E-state index is 0.356. The summed E-state index contributed by atoms with van der Waals surface area (Å²) in [6.45, 7) is 3.07. The number of hydrogen-bond acceptors (Lipinski definition) is 4. The van der Waals surface area contributed by atoms with Gasteiger partial charge in [0, 0.05) is 12.6 Å². The summed E-state index contributed by atoms with van der Waals surface area (Å²) < 4.78 is 0. The van der Waals surface area contributed by atoms with Crippen molar-refractivity contribution in [1.82, 2.24) is 9.88 Å².